The molecule has 1 aliphatic rings. The number of phenols is 1. The maximum Gasteiger partial charge on any atom is 0.238 e. The smallest absolute Gasteiger partial charge is 0.238 e. The molecule has 4 aromatic rings. The zero-order chi connectivity index (χ0) is 18.8. The number of hydrogen-bond donors (Lipinski definition) is 2. The molecular formula is C19H13N3O4S. The number of benzene rings is 3. The highest BCUT2D eigenvalue weighted by molar-refractivity contribution is 7.89. The van der Waals surface area contributed by atoms with Gasteiger partial charge in [-0.1, -0.05) is 12.1 Å². The molecule has 0 saturated carbocycles. The van der Waals surface area contributed by atoms with Gasteiger partial charge in [-0.2, -0.15) is 0 Å². The number of sulfonamides is 1. The summed E-state index contributed by atoms with van der Waals surface area (Å²) in [6.07, 6.45) is 0. The van der Waals surface area contributed by atoms with Crippen LogP contribution in [0.25, 0.3) is 28.1 Å². The van der Waals surface area contributed by atoms with Crippen molar-refractivity contribution in [2.24, 2.45) is 5.14 Å². The van der Waals surface area contributed by atoms with Gasteiger partial charge in [0.15, 0.2) is 11.5 Å². The Labute approximate surface area is 154 Å². The van der Waals surface area contributed by atoms with Crippen molar-refractivity contribution >= 4 is 21.1 Å². The SMILES string of the molecule is NS(=O)(=O)c1cc2c3c(c1)nc(-c1ccc(O)cc1)n3-c1ccccc1O2. The van der Waals surface area contributed by atoms with Crippen molar-refractivity contribution in [3.8, 4) is 34.3 Å². The van der Waals surface area contributed by atoms with E-state index >= 15 is 0 Å². The molecule has 0 aliphatic carbocycles. The zero-order valence-electron chi connectivity index (χ0n) is 13.8. The summed E-state index contributed by atoms with van der Waals surface area (Å²) in [6.45, 7) is 0. The van der Waals surface area contributed by atoms with E-state index < -0.39 is 10.0 Å². The summed E-state index contributed by atoms with van der Waals surface area (Å²) in [5, 5.41) is 14.9. The number of ether oxygens (including phenoxy) is 1. The van der Waals surface area contributed by atoms with Crippen LogP contribution in [-0.2, 0) is 10.0 Å². The van der Waals surface area contributed by atoms with Crippen LogP contribution in [0.1, 0.15) is 0 Å². The van der Waals surface area contributed by atoms with Crippen molar-refractivity contribution in [2.75, 3.05) is 0 Å². The largest absolute Gasteiger partial charge is 0.508 e. The van der Waals surface area contributed by atoms with E-state index in [0.29, 0.717) is 28.4 Å². The van der Waals surface area contributed by atoms with Gasteiger partial charge in [-0.25, -0.2) is 18.5 Å². The van der Waals surface area contributed by atoms with Crippen molar-refractivity contribution in [1.29, 1.82) is 0 Å². The van der Waals surface area contributed by atoms with E-state index in [1.807, 2.05) is 22.8 Å². The lowest BCUT2D eigenvalue weighted by Crippen LogP contribution is -2.13. The fourth-order valence-electron chi connectivity index (χ4n) is 3.28. The molecule has 1 aliphatic heterocycles. The molecule has 0 bridgehead atoms. The number of aromatic hydroxyl groups is 1. The molecule has 0 atom stereocenters. The molecule has 7 nitrogen and oxygen atoms in total. The van der Waals surface area contributed by atoms with E-state index in [0.717, 1.165) is 11.3 Å². The molecular weight excluding hydrogens is 366 g/mol. The van der Waals surface area contributed by atoms with Gasteiger partial charge in [0.25, 0.3) is 0 Å². The number of nitrogens with zero attached hydrogens (tertiary/aromatic N) is 2. The van der Waals surface area contributed by atoms with Gasteiger partial charge in [0.2, 0.25) is 10.0 Å². The number of phenolic OH excluding ortho intramolecular Hbond substituents is 1. The fraction of sp³-hybridized carbons (Fsp3) is 0. The highest BCUT2D eigenvalue weighted by Crippen LogP contribution is 2.44. The molecule has 0 radical (unpaired) electrons. The minimum Gasteiger partial charge on any atom is -0.508 e. The van der Waals surface area contributed by atoms with Crippen LogP contribution in [0.5, 0.6) is 17.2 Å². The summed E-state index contributed by atoms with van der Waals surface area (Å²) in [6, 6.07) is 16.9. The molecule has 8 heteroatoms. The predicted octanol–water partition coefficient (Wildman–Crippen LogP) is 3.15. The van der Waals surface area contributed by atoms with Gasteiger partial charge in [0, 0.05) is 11.6 Å². The summed E-state index contributed by atoms with van der Waals surface area (Å²) in [7, 11) is -3.92. The van der Waals surface area contributed by atoms with Crippen LogP contribution >= 0.6 is 0 Å². The van der Waals surface area contributed by atoms with Crippen molar-refractivity contribution in [2.45, 2.75) is 4.90 Å². The highest BCUT2D eigenvalue weighted by atomic mass is 32.2. The Kier molecular flexibility index (Phi) is 3.13. The molecule has 0 spiro atoms. The number of hydrogen-bond acceptors (Lipinski definition) is 5. The quantitative estimate of drug-likeness (QED) is 0.490. The number of fused-ring (bicyclic) bond motifs is 2. The number of primary sulfonamides is 1. The lowest BCUT2D eigenvalue weighted by molar-refractivity contribution is 0.473. The predicted molar refractivity (Wildman–Crippen MR) is 99.6 cm³/mol. The minimum absolute atomic E-state index is 0.0636. The number of para-hydroxylation sites is 2. The van der Waals surface area contributed by atoms with Crippen LogP contribution < -0.4 is 9.88 Å². The molecule has 0 fully saturated rings. The summed E-state index contributed by atoms with van der Waals surface area (Å²) < 4.78 is 31.6. The van der Waals surface area contributed by atoms with Gasteiger partial charge >= 0.3 is 0 Å². The lowest BCUT2D eigenvalue weighted by atomic mass is 10.2. The topological polar surface area (TPSA) is 107 Å². The Morgan fingerprint density at radius 1 is 1.00 bits per heavy atom. The molecule has 134 valence electrons. The van der Waals surface area contributed by atoms with Crippen molar-refractivity contribution in [1.82, 2.24) is 9.55 Å². The minimum atomic E-state index is -3.92. The van der Waals surface area contributed by atoms with Gasteiger partial charge in [0.1, 0.15) is 17.1 Å². The van der Waals surface area contributed by atoms with Crippen molar-refractivity contribution in [3.63, 3.8) is 0 Å². The standard InChI is InChI=1S/C19H13N3O4S/c20-27(24,25)13-9-14-18-17(10-13)26-16-4-2-1-3-15(16)22(18)19(21-14)11-5-7-12(23)8-6-11/h1-10,23H,(H2,20,24,25). The van der Waals surface area contributed by atoms with Crippen molar-refractivity contribution < 1.29 is 18.3 Å². The monoisotopic (exact) mass is 379 g/mol. The van der Waals surface area contributed by atoms with Crippen LogP contribution in [0.15, 0.2) is 65.6 Å². The number of rotatable bonds is 2. The first-order valence-electron chi connectivity index (χ1n) is 8.08. The van der Waals surface area contributed by atoms with Crippen LogP contribution in [0.2, 0.25) is 0 Å². The number of nitrogens with two attached hydrogens (primary N) is 1. The molecule has 3 N–H and O–H groups in total. The average Bonchev–Trinajstić information content (AvgIpc) is 3.02. The van der Waals surface area contributed by atoms with E-state index in [1.54, 1.807) is 30.3 Å². The third-order valence-electron chi connectivity index (χ3n) is 4.47. The molecule has 1 aromatic heterocycles. The molecule has 3 aromatic carbocycles. The molecule has 27 heavy (non-hydrogen) atoms. The second kappa shape index (κ2) is 5.32. The van der Waals surface area contributed by atoms with E-state index in [-0.39, 0.29) is 10.6 Å². The molecule has 5 rings (SSSR count). The maximum atomic E-state index is 11.9. The van der Waals surface area contributed by atoms with E-state index in [4.69, 9.17) is 9.88 Å². The second-order valence-electron chi connectivity index (χ2n) is 6.22. The first-order chi connectivity index (χ1) is 12.9. The van der Waals surface area contributed by atoms with E-state index in [2.05, 4.69) is 4.98 Å². The summed E-state index contributed by atoms with van der Waals surface area (Å²) in [5.74, 6) is 1.70. The number of imidazole rings is 1. The summed E-state index contributed by atoms with van der Waals surface area (Å²) in [5.41, 5.74) is 2.67. The Morgan fingerprint density at radius 3 is 2.48 bits per heavy atom. The average molecular weight is 379 g/mol. The Bertz CT molecular complexity index is 1330. The zero-order valence-corrected chi connectivity index (χ0v) is 14.6. The van der Waals surface area contributed by atoms with Gasteiger partial charge in [-0.05, 0) is 42.5 Å². The summed E-state index contributed by atoms with van der Waals surface area (Å²) in [4.78, 5) is 4.58. The molecule has 0 amide bonds. The third kappa shape index (κ3) is 2.38. The maximum absolute atomic E-state index is 11.9. The highest BCUT2D eigenvalue weighted by Gasteiger charge is 2.27. The van der Waals surface area contributed by atoms with Gasteiger partial charge < -0.3 is 9.84 Å². The number of aromatic nitrogens is 2. The summed E-state index contributed by atoms with van der Waals surface area (Å²) >= 11 is 0. The van der Waals surface area contributed by atoms with Gasteiger partial charge in [-0.3, -0.25) is 4.57 Å². The van der Waals surface area contributed by atoms with Crippen LogP contribution in [0.4, 0.5) is 0 Å². The van der Waals surface area contributed by atoms with Gasteiger partial charge in [0.05, 0.1) is 16.1 Å². The third-order valence-corrected chi connectivity index (χ3v) is 5.36. The Balaban J connectivity index is 1.91. The van der Waals surface area contributed by atoms with Crippen LogP contribution in [0.3, 0.4) is 0 Å². The Hall–Kier alpha value is -3.36. The van der Waals surface area contributed by atoms with E-state index in [9.17, 15) is 13.5 Å². The molecule has 0 saturated heterocycles. The molecule has 2 heterocycles. The van der Waals surface area contributed by atoms with Crippen LogP contribution in [-0.4, -0.2) is 23.1 Å². The normalized spacial score (nSPS) is 12.6. The fourth-order valence-corrected chi connectivity index (χ4v) is 3.82. The molecule has 0 unspecified atom stereocenters. The lowest BCUT2D eigenvalue weighted by Gasteiger charge is -2.21. The van der Waals surface area contributed by atoms with Gasteiger partial charge in [-0.15, -0.1) is 0 Å². The second-order valence-corrected chi connectivity index (χ2v) is 7.78. The Morgan fingerprint density at radius 2 is 1.74 bits per heavy atom. The first kappa shape index (κ1) is 15.9. The van der Waals surface area contributed by atoms with Crippen molar-refractivity contribution in [3.05, 3.63) is 60.7 Å². The van der Waals surface area contributed by atoms with E-state index in [1.165, 1.54) is 12.1 Å². The first-order valence-corrected chi connectivity index (χ1v) is 9.62. The van der Waals surface area contributed by atoms with Crippen LogP contribution in [0, 0.1) is 0 Å².